The summed E-state index contributed by atoms with van der Waals surface area (Å²) in [7, 11) is -2.93. The molecule has 0 aliphatic rings. The summed E-state index contributed by atoms with van der Waals surface area (Å²) in [5, 5.41) is 2.93. The Hall–Kier alpha value is -0.620. The quantitative estimate of drug-likeness (QED) is 0.493. The molecule has 0 radical (unpaired) electrons. The smallest absolute Gasteiger partial charge is 0.309 e. The molecule has 5 nitrogen and oxygen atoms in total. The second-order valence-corrected chi connectivity index (χ2v) is 6.07. The molecule has 1 unspecified atom stereocenters. The molecule has 0 aliphatic carbocycles. The lowest BCUT2D eigenvalue weighted by molar-refractivity contribution is -0.147. The van der Waals surface area contributed by atoms with Crippen molar-refractivity contribution >= 4 is 15.8 Å². The zero-order valence-corrected chi connectivity index (χ0v) is 11.0. The second kappa shape index (κ2) is 7.62. The maximum absolute atomic E-state index is 11.2. The fraction of sp³-hybridized carbons (Fsp3) is 0.900. The van der Waals surface area contributed by atoms with Gasteiger partial charge in [0.15, 0.2) is 9.84 Å². The average Bonchev–Trinajstić information content (AvgIpc) is 2.24. The van der Waals surface area contributed by atoms with Crippen LogP contribution in [0.25, 0.3) is 0 Å². The van der Waals surface area contributed by atoms with Crippen molar-refractivity contribution in [3.63, 3.8) is 0 Å². The molecule has 6 heteroatoms. The predicted molar refractivity (Wildman–Crippen MR) is 63.0 cm³/mol. The third-order valence-corrected chi connectivity index (χ3v) is 3.87. The molecule has 0 saturated carbocycles. The number of hydrogen-bond donors (Lipinski definition) is 1. The van der Waals surface area contributed by atoms with Crippen molar-refractivity contribution in [2.75, 3.05) is 31.2 Å². The van der Waals surface area contributed by atoms with E-state index >= 15 is 0 Å². The number of ether oxygens (including phenoxy) is 1. The maximum Gasteiger partial charge on any atom is 0.309 e. The van der Waals surface area contributed by atoms with E-state index in [1.54, 1.807) is 20.8 Å². The Morgan fingerprint density at radius 3 is 2.50 bits per heavy atom. The minimum absolute atomic E-state index is 0.110. The van der Waals surface area contributed by atoms with E-state index in [2.05, 4.69) is 5.32 Å². The summed E-state index contributed by atoms with van der Waals surface area (Å²) in [4.78, 5) is 11.2. The Balaban J connectivity index is 3.71. The molecule has 1 atom stereocenters. The van der Waals surface area contributed by atoms with Gasteiger partial charge in [-0.1, -0.05) is 13.8 Å². The van der Waals surface area contributed by atoms with Crippen LogP contribution in [0.4, 0.5) is 0 Å². The van der Waals surface area contributed by atoms with Crippen LogP contribution in [-0.2, 0) is 19.4 Å². The van der Waals surface area contributed by atoms with Crippen LogP contribution in [0, 0.1) is 5.92 Å². The highest BCUT2D eigenvalue weighted by Crippen LogP contribution is 1.96. The van der Waals surface area contributed by atoms with Crippen LogP contribution in [-0.4, -0.2) is 45.6 Å². The molecular formula is C10H21NO4S. The van der Waals surface area contributed by atoms with Crippen LogP contribution in [0.3, 0.4) is 0 Å². The number of carbonyl (C=O) groups is 1. The van der Waals surface area contributed by atoms with Gasteiger partial charge in [-0.2, -0.15) is 0 Å². The monoisotopic (exact) mass is 251 g/mol. The van der Waals surface area contributed by atoms with Gasteiger partial charge in [0.2, 0.25) is 0 Å². The zero-order valence-electron chi connectivity index (χ0n) is 10.2. The first-order valence-corrected chi connectivity index (χ1v) is 7.32. The summed E-state index contributed by atoms with van der Waals surface area (Å²) in [6.45, 7) is 6.31. The summed E-state index contributed by atoms with van der Waals surface area (Å²) in [5.74, 6) is -0.237. The molecule has 1 N–H and O–H groups in total. The van der Waals surface area contributed by atoms with E-state index in [4.69, 9.17) is 4.74 Å². The van der Waals surface area contributed by atoms with E-state index in [0.717, 1.165) is 0 Å². The Morgan fingerprint density at radius 1 is 1.38 bits per heavy atom. The highest BCUT2D eigenvalue weighted by Gasteiger charge is 2.13. The third-order valence-electron chi connectivity index (χ3n) is 2.17. The standard InChI is InChI=1S/C10H21NO4S/c1-4-15-10(12)9(3)8-11-6-7-16(13,14)5-2/h9,11H,4-8H2,1-3H3. The van der Waals surface area contributed by atoms with E-state index in [1.807, 2.05) is 0 Å². The van der Waals surface area contributed by atoms with Crippen molar-refractivity contribution in [2.45, 2.75) is 20.8 Å². The fourth-order valence-electron chi connectivity index (χ4n) is 1.06. The number of sulfone groups is 1. The fourth-order valence-corrected chi connectivity index (χ4v) is 1.80. The lowest BCUT2D eigenvalue weighted by Gasteiger charge is -2.11. The summed E-state index contributed by atoms with van der Waals surface area (Å²) in [6.07, 6.45) is 0. The van der Waals surface area contributed by atoms with Gasteiger partial charge < -0.3 is 10.1 Å². The Bertz CT molecular complexity index is 300. The van der Waals surface area contributed by atoms with Gasteiger partial charge in [-0.15, -0.1) is 0 Å². The van der Waals surface area contributed by atoms with Gasteiger partial charge >= 0.3 is 5.97 Å². The Morgan fingerprint density at radius 2 is 2.00 bits per heavy atom. The number of hydrogen-bond acceptors (Lipinski definition) is 5. The first kappa shape index (κ1) is 15.4. The normalized spacial score (nSPS) is 13.4. The summed E-state index contributed by atoms with van der Waals surface area (Å²) >= 11 is 0. The van der Waals surface area contributed by atoms with Crippen LogP contribution < -0.4 is 5.32 Å². The van der Waals surface area contributed by atoms with Gasteiger partial charge in [-0.3, -0.25) is 4.79 Å². The molecule has 0 rings (SSSR count). The molecule has 0 aromatic carbocycles. The van der Waals surface area contributed by atoms with E-state index < -0.39 is 9.84 Å². The molecule has 0 aromatic rings. The van der Waals surface area contributed by atoms with E-state index in [0.29, 0.717) is 19.7 Å². The molecule has 0 aromatic heterocycles. The molecule has 0 heterocycles. The van der Waals surface area contributed by atoms with E-state index in [1.165, 1.54) is 0 Å². The van der Waals surface area contributed by atoms with Crippen LogP contribution in [0.1, 0.15) is 20.8 Å². The molecule has 0 amide bonds. The summed E-state index contributed by atoms with van der Waals surface area (Å²) < 4.78 is 27.1. The van der Waals surface area contributed by atoms with Gasteiger partial charge in [-0.05, 0) is 6.92 Å². The van der Waals surface area contributed by atoms with Crippen molar-refractivity contribution in [3.05, 3.63) is 0 Å². The topological polar surface area (TPSA) is 72.5 Å². The van der Waals surface area contributed by atoms with Crippen molar-refractivity contribution in [3.8, 4) is 0 Å². The van der Waals surface area contributed by atoms with E-state index in [9.17, 15) is 13.2 Å². The van der Waals surface area contributed by atoms with Gasteiger partial charge in [0.1, 0.15) is 0 Å². The molecule has 0 aliphatic heterocycles. The van der Waals surface area contributed by atoms with E-state index in [-0.39, 0.29) is 23.4 Å². The minimum Gasteiger partial charge on any atom is -0.466 e. The van der Waals surface area contributed by atoms with Crippen molar-refractivity contribution in [1.82, 2.24) is 5.32 Å². The SMILES string of the molecule is CCOC(=O)C(C)CNCCS(=O)(=O)CC. The minimum atomic E-state index is -2.93. The first-order valence-electron chi connectivity index (χ1n) is 5.50. The van der Waals surface area contributed by atoms with Crippen molar-refractivity contribution in [2.24, 2.45) is 5.92 Å². The highest BCUT2D eigenvalue weighted by molar-refractivity contribution is 7.91. The first-order chi connectivity index (χ1) is 7.43. The number of carbonyl (C=O) groups excluding carboxylic acids is 1. The van der Waals surface area contributed by atoms with Gasteiger partial charge in [0, 0.05) is 18.8 Å². The third kappa shape index (κ3) is 6.79. The van der Waals surface area contributed by atoms with Gasteiger partial charge in [-0.25, -0.2) is 8.42 Å². The molecule has 0 bridgehead atoms. The van der Waals surface area contributed by atoms with Crippen molar-refractivity contribution in [1.29, 1.82) is 0 Å². The van der Waals surface area contributed by atoms with Crippen LogP contribution in [0.2, 0.25) is 0 Å². The maximum atomic E-state index is 11.2. The molecule has 16 heavy (non-hydrogen) atoms. The summed E-state index contributed by atoms with van der Waals surface area (Å²) in [5.41, 5.74) is 0. The Labute approximate surface area is 97.5 Å². The zero-order chi connectivity index (χ0) is 12.6. The molecule has 0 fully saturated rings. The van der Waals surface area contributed by atoms with Crippen LogP contribution in [0.5, 0.6) is 0 Å². The highest BCUT2D eigenvalue weighted by atomic mass is 32.2. The average molecular weight is 251 g/mol. The van der Waals surface area contributed by atoms with Gasteiger partial charge in [0.05, 0.1) is 18.3 Å². The second-order valence-electron chi connectivity index (χ2n) is 3.59. The molecular weight excluding hydrogens is 230 g/mol. The number of esters is 1. The van der Waals surface area contributed by atoms with Crippen LogP contribution >= 0.6 is 0 Å². The number of nitrogens with one attached hydrogen (secondary N) is 1. The van der Waals surface area contributed by atoms with Crippen LogP contribution in [0.15, 0.2) is 0 Å². The molecule has 0 saturated heterocycles. The summed E-state index contributed by atoms with van der Waals surface area (Å²) in [6, 6.07) is 0. The number of rotatable bonds is 8. The van der Waals surface area contributed by atoms with Crippen molar-refractivity contribution < 1.29 is 17.9 Å². The Kier molecular flexibility index (Phi) is 7.33. The lowest BCUT2D eigenvalue weighted by atomic mass is 10.2. The predicted octanol–water partition coefficient (Wildman–Crippen LogP) is 0.210. The largest absolute Gasteiger partial charge is 0.466 e. The molecule has 96 valence electrons. The van der Waals surface area contributed by atoms with Gasteiger partial charge in [0.25, 0.3) is 0 Å². The molecule has 0 spiro atoms. The lowest BCUT2D eigenvalue weighted by Crippen LogP contribution is -2.31.